The smallest absolute Gasteiger partial charge is 0.0542 e. The van der Waals surface area contributed by atoms with Gasteiger partial charge in [0.05, 0.1) is 6.17 Å². The second-order valence-corrected chi connectivity index (χ2v) is 3.47. The van der Waals surface area contributed by atoms with Crippen molar-refractivity contribution in [1.82, 2.24) is 10.6 Å². The third-order valence-electron chi connectivity index (χ3n) is 1.52. The van der Waals surface area contributed by atoms with Crippen LogP contribution in [0, 0.1) is 0 Å². The summed E-state index contributed by atoms with van der Waals surface area (Å²) in [6, 6.07) is 0. The molecule has 0 radical (unpaired) electrons. The van der Waals surface area contributed by atoms with Crippen molar-refractivity contribution >= 4 is 23.2 Å². The first-order chi connectivity index (χ1) is 5.81. The van der Waals surface area contributed by atoms with Gasteiger partial charge in [-0.05, 0) is 32.9 Å². The van der Waals surface area contributed by atoms with Crippen molar-refractivity contribution in [3.8, 4) is 0 Å². The number of halogens is 2. The number of alkyl halides is 2. The molecular formula is C8H18Cl2N2. The summed E-state index contributed by atoms with van der Waals surface area (Å²) in [7, 11) is 0. The van der Waals surface area contributed by atoms with Gasteiger partial charge in [-0.3, -0.25) is 0 Å². The Morgan fingerprint density at radius 3 is 1.75 bits per heavy atom. The lowest BCUT2D eigenvalue weighted by atomic mass is 10.4. The summed E-state index contributed by atoms with van der Waals surface area (Å²) in [5, 5.41) is 6.61. The van der Waals surface area contributed by atoms with Crippen LogP contribution in [0.25, 0.3) is 0 Å². The molecule has 0 aliphatic heterocycles. The molecule has 4 heteroatoms. The topological polar surface area (TPSA) is 24.1 Å². The van der Waals surface area contributed by atoms with Crippen molar-refractivity contribution < 1.29 is 0 Å². The van der Waals surface area contributed by atoms with Gasteiger partial charge in [-0.2, -0.15) is 0 Å². The van der Waals surface area contributed by atoms with E-state index in [1.54, 1.807) is 0 Å². The van der Waals surface area contributed by atoms with Crippen molar-refractivity contribution in [2.75, 3.05) is 24.8 Å². The number of rotatable bonds is 8. The van der Waals surface area contributed by atoms with Gasteiger partial charge in [0, 0.05) is 11.8 Å². The van der Waals surface area contributed by atoms with Crippen LogP contribution in [0.3, 0.4) is 0 Å². The summed E-state index contributed by atoms with van der Waals surface area (Å²) in [6.07, 6.45) is 2.39. The molecule has 12 heavy (non-hydrogen) atoms. The molecular weight excluding hydrogens is 195 g/mol. The fourth-order valence-corrected chi connectivity index (χ4v) is 1.11. The quantitative estimate of drug-likeness (QED) is 0.365. The van der Waals surface area contributed by atoms with E-state index in [1.807, 2.05) is 0 Å². The number of hydrogen-bond acceptors (Lipinski definition) is 2. The predicted molar refractivity (Wildman–Crippen MR) is 56.1 cm³/mol. The molecule has 0 bridgehead atoms. The van der Waals surface area contributed by atoms with E-state index >= 15 is 0 Å². The summed E-state index contributed by atoms with van der Waals surface area (Å²) in [4.78, 5) is 0. The second kappa shape index (κ2) is 9.59. The SMILES string of the molecule is CC(NCCCCl)NCCCCl. The highest BCUT2D eigenvalue weighted by atomic mass is 35.5. The minimum Gasteiger partial charge on any atom is -0.302 e. The van der Waals surface area contributed by atoms with Crippen molar-refractivity contribution in [3.63, 3.8) is 0 Å². The zero-order valence-electron chi connectivity index (χ0n) is 7.58. The Labute approximate surface area is 85.0 Å². The lowest BCUT2D eigenvalue weighted by Gasteiger charge is -2.14. The molecule has 0 atom stereocenters. The van der Waals surface area contributed by atoms with Gasteiger partial charge in [0.1, 0.15) is 0 Å². The Bertz CT molecular complexity index is 81.1. The predicted octanol–water partition coefficient (Wildman–Crippen LogP) is 1.77. The molecule has 0 spiro atoms. The zero-order valence-corrected chi connectivity index (χ0v) is 9.09. The van der Waals surface area contributed by atoms with Crippen molar-refractivity contribution in [2.24, 2.45) is 0 Å². The minimum absolute atomic E-state index is 0.358. The van der Waals surface area contributed by atoms with Gasteiger partial charge < -0.3 is 10.6 Å². The molecule has 0 fully saturated rings. The van der Waals surface area contributed by atoms with E-state index in [0.717, 1.165) is 37.7 Å². The van der Waals surface area contributed by atoms with Crippen LogP contribution in [0.1, 0.15) is 19.8 Å². The molecule has 0 aromatic rings. The van der Waals surface area contributed by atoms with E-state index in [9.17, 15) is 0 Å². The first-order valence-electron chi connectivity index (χ1n) is 4.40. The molecule has 0 saturated carbocycles. The fourth-order valence-electron chi connectivity index (χ4n) is 0.843. The van der Waals surface area contributed by atoms with Gasteiger partial charge in [-0.1, -0.05) is 0 Å². The highest BCUT2D eigenvalue weighted by Gasteiger charge is 1.97. The van der Waals surface area contributed by atoms with E-state index in [2.05, 4.69) is 17.6 Å². The summed E-state index contributed by atoms with van der Waals surface area (Å²) < 4.78 is 0. The van der Waals surface area contributed by atoms with Crippen LogP contribution in [0.2, 0.25) is 0 Å². The van der Waals surface area contributed by atoms with Gasteiger partial charge in [0.2, 0.25) is 0 Å². The largest absolute Gasteiger partial charge is 0.302 e. The molecule has 0 rings (SSSR count). The standard InChI is InChI=1S/C8H18Cl2N2/c1-8(11-6-2-4-9)12-7-3-5-10/h8,11-12H,2-7H2,1H3. The maximum absolute atomic E-state index is 5.53. The highest BCUT2D eigenvalue weighted by molar-refractivity contribution is 6.18. The summed E-state index contributed by atoms with van der Waals surface area (Å²) in [5.74, 6) is 1.45. The lowest BCUT2D eigenvalue weighted by molar-refractivity contribution is 0.455. The average Bonchev–Trinajstić information content (AvgIpc) is 2.06. The Hall–Kier alpha value is 0.500. The maximum atomic E-state index is 5.53. The summed E-state index contributed by atoms with van der Waals surface area (Å²) in [5.41, 5.74) is 0. The Morgan fingerprint density at radius 1 is 1.00 bits per heavy atom. The molecule has 2 N–H and O–H groups in total. The van der Waals surface area contributed by atoms with Gasteiger partial charge in [0.25, 0.3) is 0 Å². The first-order valence-corrected chi connectivity index (χ1v) is 5.47. The van der Waals surface area contributed by atoms with Crippen molar-refractivity contribution in [3.05, 3.63) is 0 Å². The maximum Gasteiger partial charge on any atom is 0.0542 e. The molecule has 0 aromatic heterocycles. The molecule has 0 unspecified atom stereocenters. The van der Waals surface area contributed by atoms with E-state index in [1.165, 1.54) is 0 Å². The monoisotopic (exact) mass is 212 g/mol. The van der Waals surface area contributed by atoms with Gasteiger partial charge in [-0.25, -0.2) is 0 Å². The Morgan fingerprint density at radius 2 is 1.42 bits per heavy atom. The zero-order chi connectivity index (χ0) is 9.23. The van der Waals surface area contributed by atoms with Crippen molar-refractivity contribution in [2.45, 2.75) is 25.9 Å². The normalized spacial score (nSPS) is 11.0. The van der Waals surface area contributed by atoms with Crippen LogP contribution in [0.5, 0.6) is 0 Å². The number of hydrogen-bond donors (Lipinski definition) is 2. The van der Waals surface area contributed by atoms with E-state index in [0.29, 0.717) is 6.17 Å². The third-order valence-corrected chi connectivity index (χ3v) is 2.06. The first kappa shape index (κ1) is 12.5. The highest BCUT2D eigenvalue weighted by Crippen LogP contribution is 1.85. The van der Waals surface area contributed by atoms with Crippen LogP contribution >= 0.6 is 23.2 Å². The van der Waals surface area contributed by atoms with E-state index < -0.39 is 0 Å². The summed E-state index contributed by atoms with van der Waals surface area (Å²) in [6.45, 7) is 4.04. The minimum atomic E-state index is 0.358. The molecule has 0 aliphatic carbocycles. The molecule has 0 amide bonds. The van der Waals surface area contributed by atoms with Gasteiger partial charge in [0.15, 0.2) is 0 Å². The van der Waals surface area contributed by atoms with Crippen LogP contribution in [-0.2, 0) is 0 Å². The van der Waals surface area contributed by atoms with Crippen molar-refractivity contribution in [1.29, 1.82) is 0 Å². The number of nitrogens with one attached hydrogen (secondary N) is 2. The van der Waals surface area contributed by atoms with Crippen LogP contribution < -0.4 is 10.6 Å². The molecule has 0 heterocycles. The van der Waals surface area contributed by atoms with Crippen LogP contribution in [0.15, 0.2) is 0 Å². The van der Waals surface area contributed by atoms with Gasteiger partial charge >= 0.3 is 0 Å². The third kappa shape index (κ3) is 8.60. The molecule has 0 saturated heterocycles. The Kier molecular flexibility index (Phi) is 9.99. The lowest BCUT2D eigenvalue weighted by Crippen LogP contribution is -2.40. The van der Waals surface area contributed by atoms with E-state index in [4.69, 9.17) is 23.2 Å². The van der Waals surface area contributed by atoms with E-state index in [-0.39, 0.29) is 0 Å². The van der Waals surface area contributed by atoms with Crippen LogP contribution in [-0.4, -0.2) is 31.0 Å². The fraction of sp³-hybridized carbons (Fsp3) is 1.00. The molecule has 74 valence electrons. The molecule has 0 aromatic carbocycles. The molecule has 2 nitrogen and oxygen atoms in total. The Balaban J connectivity index is 3.04. The summed E-state index contributed by atoms with van der Waals surface area (Å²) >= 11 is 11.1. The average molecular weight is 213 g/mol. The second-order valence-electron chi connectivity index (χ2n) is 2.72. The molecule has 0 aliphatic rings. The van der Waals surface area contributed by atoms with Crippen LogP contribution in [0.4, 0.5) is 0 Å². The van der Waals surface area contributed by atoms with Gasteiger partial charge in [-0.15, -0.1) is 23.2 Å².